The Labute approximate surface area is 364 Å². The first-order valence-corrected chi connectivity index (χ1v) is 21.8. The molecule has 0 spiro atoms. The molecule has 0 aliphatic heterocycles. The molecule has 4 heteroatoms. The molecule has 0 unspecified atom stereocenters. The number of rotatable bonds is 7. The molecule has 0 atom stereocenters. The van der Waals surface area contributed by atoms with Crippen molar-refractivity contribution in [3.8, 4) is 67.5 Å². The van der Waals surface area contributed by atoms with E-state index in [0.717, 1.165) is 33.4 Å². The number of nitrogens with zero attached hydrogens (tertiary/aromatic N) is 3. The standard InChI is InChI=1S/C58H37N3S/c1-4-18-38(19-5-1)44-26-10-11-29-50(44)57-60-55(40-21-16-20-39(36-40)45-30-17-31-49-48-28-13-15-33-53(48)62-54(45)49)59-56(61-57)41-34-35-47-46-27-12-14-32-51(46)58(52(47)37-41,42-22-6-2-7-23-42)43-24-8-3-9-25-43/h1-37H. The zero-order chi connectivity index (χ0) is 41.0. The van der Waals surface area contributed by atoms with Crippen LogP contribution in [0.25, 0.3) is 87.7 Å². The maximum absolute atomic E-state index is 5.38. The lowest BCUT2D eigenvalue weighted by Crippen LogP contribution is -2.28. The molecule has 0 bridgehead atoms. The average Bonchev–Trinajstić information content (AvgIpc) is 3.88. The number of aromatic nitrogens is 3. The van der Waals surface area contributed by atoms with Crippen molar-refractivity contribution in [1.82, 2.24) is 15.0 Å². The van der Waals surface area contributed by atoms with Gasteiger partial charge in [-0.2, -0.15) is 0 Å². The minimum absolute atomic E-state index is 0.551. The van der Waals surface area contributed by atoms with Crippen LogP contribution < -0.4 is 0 Å². The van der Waals surface area contributed by atoms with Gasteiger partial charge in [-0.05, 0) is 73.8 Å². The first kappa shape index (κ1) is 36.1. The zero-order valence-corrected chi connectivity index (χ0v) is 34.4. The van der Waals surface area contributed by atoms with Crippen LogP contribution in [-0.2, 0) is 5.41 Å². The van der Waals surface area contributed by atoms with Gasteiger partial charge in [0.2, 0.25) is 0 Å². The molecule has 3 nitrogen and oxygen atoms in total. The van der Waals surface area contributed by atoms with Crippen LogP contribution in [0.3, 0.4) is 0 Å². The molecule has 11 aromatic rings. The minimum atomic E-state index is -0.551. The summed E-state index contributed by atoms with van der Waals surface area (Å²) in [4.78, 5) is 16.1. The number of hydrogen-bond acceptors (Lipinski definition) is 4. The highest BCUT2D eigenvalue weighted by Crippen LogP contribution is 2.56. The Hall–Kier alpha value is -7.79. The summed E-state index contributed by atoms with van der Waals surface area (Å²) in [5.41, 5.74) is 14.1. The molecule has 1 aliphatic rings. The SMILES string of the molecule is c1ccc(-c2ccccc2-c2nc(-c3cccc(-c4cccc5c4sc4ccccc45)c3)nc(-c3ccc4c(c3)C(c3ccccc3)(c3ccccc3)c3ccccc3-4)n2)cc1. The van der Waals surface area contributed by atoms with Crippen molar-refractivity contribution in [2.45, 2.75) is 5.41 Å². The van der Waals surface area contributed by atoms with Gasteiger partial charge in [-0.15, -0.1) is 11.3 Å². The van der Waals surface area contributed by atoms with Crippen LogP contribution in [0.5, 0.6) is 0 Å². The fourth-order valence-corrected chi connectivity index (χ4v) is 10.9. The minimum Gasteiger partial charge on any atom is -0.208 e. The van der Waals surface area contributed by atoms with Gasteiger partial charge in [-0.3, -0.25) is 0 Å². The van der Waals surface area contributed by atoms with E-state index in [1.165, 1.54) is 59.1 Å². The summed E-state index contributed by atoms with van der Waals surface area (Å²) < 4.78 is 2.56. The van der Waals surface area contributed by atoms with Gasteiger partial charge in [0.25, 0.3) is 0 Å². The summed E-state index contributed by atoms with van der Waals surface area (Å²) in [5.74, 6) is 1.88. The van der Waals surface area contributed by atoms with Crippen LogP contribution in [-0.4, -0.2) is 15.0 Å². The van der Waals surface area contributed by atoms with Gasteiger partial charge in [0.15, 0.2) is 17.5 Å². The molecule has 0 saturated carbocycles. The normalized spacial score (nSPS) is 12.6. The lowest BCUT2D eigenvalue weighted by atomic mass is 9.67. The summed E-state index contributed by atoms with van der Waals surface area (Å²) in [5, 5.41) is 2.56. The highest BCUT2D eigenvalue weighted by Gasteiger charge is 2.46. The topological polar surface area (TPSA) is 38.7 Å². The lowest BCUT2D eigenvalue weighted by Gasteiger charge is -2.34. The van der Waals surface area contributed by atoms with Crippen LogP contribution in [0.4, 0.5) is 0 Å². The summed E-state index contributed by atoms with van der Waals surface area (Å²) in [6.07, 6.45) is 0. The second-order valence-corrected chi connectivity index (χ2v) is 16.9. The third-order valence-electron chi connectivity index (χ3n) is 12.4. The third-order valence-corrected chi connectivity index (χ3v) is 13.7. The van der Waals surface area contributed by atoms with Gasteiger partial charge in [-0.25, -0.2) is 15.0 Å². The Kier molecular flexibility index (Phi) is 8.58. The van der Waals surface area contributed by atoms with Gasteiger partial charge in [0.05, 0.1) is 5.41 Å². The van der Waals surface area contributed by atoms with Gasteiger partial charge in [0.1, 0.15) is 0 Å². The fourth-order valence-electron chi connectivity index (χ4n) is 9.69. The maximum Gasteiger partial charge on any atom is 0.164 e. The molecule has 0 radical (unpaired) electrons. The number of thiophene rings is 1. The fraction of sp³-hybridized carbons (Fsp3) is 0.0172. The van der Waals surface area contributed by atoms with Crippen molar-refractivity contribution in [2.75, 3.05) is 0 Å². The van der Waals surface area contributed by atoms with Crippen LogP contribution in [0, 0.1) is 0 Å². The maximum atomic E-state index is 5.38. The second kappa shape index (κ2) is 14.7. The van der Waals surface area contributed by atoms with E-state index in [4.69, 9.17) is 15.0 Å². The Morgan fingerprint density at radius 2 is 0.823 bits per heavy atom. The monoisotopic (exact) mass is 807 g/mol. The Morgan fingerprint density at radius 1 is 0.306 bits per heavy atom. The predicted octanol–water partition coefficient (Wildman–Crippen LogP) is 14.9. The van der Waals surface area contributed by atoms with Crippen LogP contribution >= 0.6 is 11.3 Å². The van der Waals surface area contributed by atoms with Gasteiger partial charge < -0.3 is 0 Å². The van der Waals surface area contributed by atoms with E-state index in [9.17, 15) is 0 Å². The van der Waals surface area contributed by atoms with E-state index < -0.39 is 5.41 Å². The van der Waals surface area contributed by atoms with Crippen molar-refractivity contribution >= 4 is 31.5 Å². The first-order chi connectivity index (χ1) is 30.7. The molecular weight excluding hydrogens is 771 g/mol. The van der Waals surface area contributed by atoms with Gasteiger partial charge in [0, 0.05) is 36.9 Å². The predicted molar refractivity (Wildman–Crippen MR) is 257 cm³/mol. The molecule has 0 fully saturated rings. The molecule has 9 aromatic carbocycles. The number of fused-ring (bicyclic) bond motifs is 6. The second-order valence-electron chi connectivity index (χ2n) is 15.9. The number of benzene rings is 9. The largest absolute Gasteiger partial charge is 0.208 e. The van der Waals surface area contributed by atoms with Crippen molar-refractivity contribution in [3.63, 3.8) is 0 Å². The molecule has 0 saturated heterocycles. The van der Waals surface area contributed by atoms with E-state index >= 15 is 0 Å². The molecule has 12 rings (SSSR count). The van der Waals surface area contributed by atoms with Crippen molar-refractivity contribution in [1.29, 1.82) is 0 Å². The molecule has 2 aromatic heterocycles. The highest BCUT2D eigenvalue weighted by atomic mass is 32.1. The molecule has 0 amide bonds. The van der Waals surface area contributed by atoms with Crippen molar-refractivity contribution < 1.29 is 0 Å². The zero-order valence-electron chi connectivity index (χ0n) is 33.6. The van der Waals surface area contributed by atoms with Crippen molar-refractivity contribution in [2.24, 2.45) is 0 Å². The van der Waals surface area contributed by atoms with Gasteiger partial charge >= 0.3 is 0 Å². The third kappa shape index (κ3) is 5.76. The highest BCUT2D eigenvalue weighted by molar-refractivity contribution is 7.26. The molecular formula is C58H37N3S. The van der Waals surface area contributed by atoms with E-state index in [2.05, 4.69) is 224 Å². The molecule has 290 valence electrons. The van der Waals surface area contributed by atoms with Crippen LogP contribution in [0.15, 0.2) is 224 Å². The van der Waals surface area contributed by atoms with Crippen LogP contribution in [0.1, 0.15) is 22.3 Å². The van der Waals surface area contributed by atoms with E-state index in [-0.39, 0.29) is 0 Å². The average molecular weight is 808 g/mol. The summed E-state index contributed by atoms with van der Waals surface area (Å²) >= 11 is 1.84. The summed E-state index contributed by atoms with van der Waals surface area (Å²) in [6, 6.07) is 80.4. The summed E-state index contributed by atoms with van der Waals surface area (Å²) in [6.45, 7) is 0. The Morgan fingerprint density at radius 3 is 1.58 bits per heavy atom. The quantitative estimate of drug-likeness (QED) is 0.161. The smallest absolute Gasteiger partial charge is 0.164 e. The molecule has 0 N–H and O–H groups in total. The Balaban J connectivity index is 1.08. The van der Waals surface area contributed by atoms with E-state index in [0.29, 0.717) is 17.5 Å². The molecule has 1 aliphatic carbocycles. The molecule has 2 heterocycles. The first-order valence-electron chi connectivity index (χ1n) is 21.0. The summed E-state index contributed by atoms with van der Waals surface area (Å²) in [7, 11) is 0. The van der Waals surface area contributed by atoms with Gasteiger partial charge in [-0.1, -0.05) is 206 Å². The van der Waals surface area contributed by atoms with Crippen LogP contribution in [0.2, 0.25) is 0 Å². The van der Waals surface area contributed by atoms with E-state index in [1.54, 1.807) is 0 Å². The van der Waals surface area contributed by atoms with E-state index in [1.807, 2.05) is 11.3 Å². The number of hydrogen-bond donors (Lipinski definition) is 0. The lowest BCUT2D eigenvalue weighted by molar-refractivity contribution is 0.768. The van der Waals surface area contributed by atoms with Crippen molar-refractivity contribution in [3.05, 3.63) is 247 Å². The molecule has 62 heavy (non-hydrogen) atoms. The Bertz CT molecular complexity index is 3430.